The molecule has 0 saturated carbocycles. The summed E-state index contributed by atoms with van der Waals surface area (Å²) in [6.45, 7) is 8.97. The van der Waals surface area contributed by atoms with Crippen LogP contribution in [0.15, 0.2) is 97.1 Å². The first-order valence-electron chi connectivity index (χ1n) is 11.2. The maximum absolute atomic E-state index is 2.44. The standard InChI is InChI=1S/C30H29N/c1-5-11-21(2)16-17-22-20-30(3,4)25-18-19-27-29(28(22)25)24-14-9-10-15-26(24)31(27)23-12-7-6-8-13-23/h5-21H,1-4H3/b11-5-,17-16-. The average Bonchev–Trinajstić information content (AvgIpc) is 3.24. The summed E-state index contributed by atoms with van der Waals surface area (Å²) in [7, 11) is 0. The first-order chi connectivity index (χ1) is 15.0. The average molecular weight is 404 g/mol. The quantitative estimate of drug-likeness (QED) is 0.302. The van der Waals surface area contributed by atoms with Gasteiger partial charge in [-0.1, -0.05) is 93.6 Å². The zero-order chi connectivity index (χ0) is 21.6. The van der Waals surface area contributed by atoms with Crippen molar-refractivity contribution in [3.05, 3.63) is 108 Å². The highest BCUT2D eigenvalue weighted by Gasteiger charge is 2.32. The van der Waals surface area contributed by atoms with Crippen LogP contribution in [0.5, 0.6) is 0 Å². The lowest BCUT2D eigenvalue weighted by Crippen LogP contribution is -2.10. The monoisotopic (exact) mass is 403 g/mol. The highest BCUT2D eigenvalue weighted by Crippen LogP contribution is 2.47. The van der Waals surface area contributed by atoms with Crippen molar-refractivity contribution < 1.29 is 0 Å². The van der Waals surface area contributed by atoms with Crippen molar-refractivity contribution in [3.8, 4) is 5.69 Å². The van der Waals surface area contributed by atoms with Crippen molar-refractivity contribution in [2.75, 3.05) is 0 Å². The van der Waals surface area contributed by atoms with Crippen LogP contribution in [0.3, 0.4) is 0 Å². The van der Waals surface area contributed by atoms with Crippen LogP contribution in [0.25, 0.3) is 33.1 Å². The largest absolute Gasteiger partial charge is 0.309 e. The van der Waals surface area contributed by atoms with E-state index in [2.05, 4.69) is 129 Å². The van der Waals surface area contributed by atoms with Crippen LogP contribution in [-0.2, 0) is 5.41 Å². The topological polar surface area (TPSA) is 4.93 Å². The van der Waals surface area contributed by atoms with Gasteiger partial charge in [-0.3, -0.25) is 0 Å². The first kappa shape index (κ1) is 19.6. The molecular formula is C30H29N. The van der Waals surface area contributed by atoms with Crippen LogP contribution in [-0.4, -0.2) is 4.57 Å². The summed E-state index contributed by atoms with van der Waals surface area (Å²) < 4.78 is 2.40. The van der Waals surface area contributed by atoms with Gasteiger partial charge in [-0.15, -0.1) is 0 Å². The first-order valence-corrected chi connectivity index (χ1v) is 11.2. The second kappa shape index (κ2) is 7.42. The number of para-hydroxylation sites is 2. The zero-order valence-corrected chi connectivity index (χ0v) is 18.8. The molecule has 0 fully saturated rings. The van der Waals surface area contributed by atoms with E-state index >= 15 is 0 Å². The molecule has 1 heterocycles. The van der Waals surface area contributed by atoms with Crippen molar-refractivity contribution in [2.24, 2.45) is 5.92 Å². The number of hydrogen-bond acceptors (Lipinski definition) is 0. The smallest absolute Gasteiger partial charge is 0.0547 e. The van der Waals surface area contributed by atoms with E-state index in [9.17, 15) is 0 Å². The van der Waals surface area contributed by atoms with Crippen molar-refractivity contribution in [1.82, 2.24) is 4.57 Å². The van der Waals surface area contributed by atoms with Gasteiger partial charge in [0.2, 0.25) is 0 Å². The number of fused-ring (bicyclic) bond motifs is 5. The van der Waals surface area contributed by atoms with Gasteiger partial charge in [0.15, 0.2) is 0 Å². The van der Waals surface area contributed by atoms with E-state index in [0.29, 0.717) is 5.92 Å². The molecule has 0 amide bonds. The fourth-order valence-corrected chi connectivity index (χ4v) is 5.05. The summed E-state index contributed by atoms with van der Waals surface area (Å²) >= 11 is 0. The third-order valence-electron chi connectivity index (χ3n) is 6.43. The zero-order valence-electron chi connectivity index (χ0n) is 18.8. The van der Waals surface area contributed by atoms with Crippen LogP contribution >= 0.6 is 0 Å². The van der Waals surface area contributed by atoms with Crippen LogP contribution in [0.1, 0.15) is 38.8 Å². The molecule has 1 nitrogen and oxygen atoms in total. The van der Waals surface area contributed by atoms with Crippen LogP contribution in [0.4, 0.5) is 0 Å². The number of hydrogen-bond donors (Lipinski definition) is 0. The SMILES string of the molecule is C/C=C\C(C)/C=C\C1=CC(C)(C)c2ccc3c(c21)c1ccccc1n3-c1ccccc1. The number of rotatable bonds is 4. The van der Waals surface area contributed by atoms with E-state index in [1.54, 1.807) is 0 Å². The molecule has 1 unspecified atom stereocenters. The fourth-order valence-electron chi connectivity index (χ4n) is 5.05. The van der Waals surface area contributed by atoms with Gasteiger partial charge in [0.05, 0.1) is 11.0 Å². The molecule has 4 aromatic rings. The number of benzene rings is 3. The van der Waals surface area contributed by atoms with Gasteiger partial charge in [0, 0.05) is 21.9 Å². The summed E-state index contributed by atoms with van der Waals surface area (Å²) in [4.78, 5) is 0. The summed E-state index contributed by atoms with van der Waals surface area (Å²) in [5, 5.41) is 2.67. The van der Waals surface area contributed by atoms with E-state index in [1.165, 1.54) is 44.2 Å². The second-order valence-corrected chi connectivity index (χ2v) is 9.14. The molecule has 1 atom stereocenters. The highest BCUT2D eigenvalue weighted by atomic mass is 15.0. The van der Waals surface area contributed by atoms with Gasteiger partial charge >= 0.3 is 0 Å². The highest BCUT2D eigenvalue weighted by molar-refractivity contribution is 6.16. The van der Waals surface area contributed by atoms with Gasteiger partial charge in [-0.25, -0.2) is 0 Å². The Morgan fingerprint density at radius 1 is 0.839 bits per heavy atom. The molecule has 0 spiro atoms. The van der Waals surface area contributed by atoms with Crippen molar-refractivity contribution in [2.45, 2.75) is 33.1 Å². The molecule has 31 heavy (non-hydrogen) atoms. The van der Waals surface area contributed by atoms with E-state index in [-0.39, 0.29) is 5.41 Å². The van der Waals surface area contributed by atoms with E-state index in [0.717, 1.165) is 0 Å². The molecule has 3 aromatic carbocycles. The normalized spacial score (nSPS) is 16.5. The molecule has 1 aromatic heterocycles. The molecule has 5 rings (SSSR count). The predicted molar refractivity (Wildman–Crippen MR) is 135 cm³/mol. The van der Waals surface area contributed by atoms with Gasteiger partial charge in [-0.2, -0.15) is 0 Å². The van der Waals surface area contributed by atoms with Crippen molar-refractivity contribution >= 4 is 27.4 Å². The molecule has 0 radical (unpaired) electrons. The second-order valence-electron chi connectivity index (χ2n) is 9.14. The summed E-state index contributed by atoms with van der Waals surface area (Å²) in [5.41, 5.74) is 7.87. The van der Waals surface area contributed by atoms with Crippen LogP contribution in [0, 0.1) is 5.92 Å². The van der Waals surface area contributed by atoms with Crippen molar-refractivity contribution in [1.29, 1.82) is 0 Å². The Labute approximate surface area is 185 Å². The molecule has 1 heteroatoms. The number of aromatic nitrogens is 1. The Morgan fingerprint density at radius 2 is 1.58 bits per heavy atom. The van der Waals surface area contributed by atoms with Gasteiger partial charge < -0.3 is 4.57 Å². The number of nitrogens with zero attached hydrogens (tertiary/aromatic N) is 1. The molecule has 1 aliphatic carbocycles. The maximum Gasteiger partial charge on any atom is 0.0547 e. The predicted octanol–water partition coefficient (Wildman–Crippen LogP) is 8.23. The minimum atomic E-state index is 0.0168. The third-order valence-corrected chi connectivity index (χ3v) is 6.43. The summed E-state index contributed by atoms with van der Waals surface area (Å²) in [6, 6.07) is 24.1. The summed E-state index contributed by atoms with van der Waals surface area (Å²) in [6.07, 6.45) is 11.4. The van der Waals surface area contributed by atoms with Gasteiger partial charge in [0.25, 0.3) is 0 Å². The van der Waals surface area contributed by atoms with E-state index < -0.39 is 0 Å². The van der Waals surface area contributed by atoms with E-state index in [4.69, 9.17) is 0 Å². The Morgan fingerprint density at radius 3 is 2.35 bits per heavy atom. The molecule has 0 bridgehead atoms. The molecule has 1 aliphatic rings. The lowest BCUT2D eigenvalue weighted by Gasteiger charge is -2.18. The maximum atomic E-state index is 2.44. The van der Waals surface area contributed by atoms with Crippen molar-refractivity contribution in [3.63, 3.8) is 0 Å². The van der Waals surface area contributed by atoms with Crippen LogP contribution in [0.2, 0.25) is 0 Å². The molecule has 0 saturated heterocycles. The molecule has 0 aliphatic heterocycles. The summed E-state index contributed by atoms with van der Waals surface area (Å²) in [5.74, 6) is 0.419. The Bertz CT molecular complexity index is 1360. The number of allylic oxidation sites excluding steroid dienone is 6. The minimum Gasteiger partial charge on any atom is -0.309 e. The Balaban J connectivity index is 1.84. The molecular weight excluding hydrogens is 374 g/mol. The van der Waals surface area contributed by atoms with Crippen LogP contribution < -0.4 is 0 Å². The molecule has 154 valence electrons. The van der Waals surface area contributed by atoms with E-state index in [1.807, 2.05) is 0 Å². The third kappa shape index (κ3) is 3.16. The fraction of sp³-hybridized carbons (Fsp3) is 0.200. The van der Waals surface area contributed by atoms with Gasteiger partial charge in [0.1, 0.15) is 0 Å². The lowest BCUT2D eigenvalue weighted by molar-refractivity contribution is 0.684. The minimum absolute atomic E-state index is 0.0168. The molecule has 0 N–H and O–H groups in total. The Kier molecular flexibility index (Phi) is 4.70. The van der Waals surface area contributed by atoms with Gasteiger partial charge in [-0.05, 0) is 53.8 Å². The lowest BCUT2D eigenvalue weighted by atomic mass is 9.86. The Hall–Kier alpha value is -3.32.